The first-order chi connectivity index (χ1) is 17.0. The summed E-state index contributed by atoms with van der Waals surface area (Å²) in [6, 6.07) is 17.2. The van der Waals surface area contributed by atoms with Crippen molar-refractivity contribution in [1.29, 1.82) is 0 Å². The first-order valence-electron chi connectivity index (χ1n) is 11.8. The number of nitrogens with one attached hydrogen (secondary N) is 1. The summed E-state index contributed by atoms with van der Waals surface area (Å²) in [6.45, 7) is 4.92. The van der Waals surface area contributed by atoms with Crippen LogP contribution in [0.4, 0.5) is 10.1 Å². The van der Waals surface area contributed by atoms with E-state index in [2.05, 4.69) is 5.32 Å². The number of carbonyl (C=O) groups is 2. The number of rotatable bonds is 10. The van der Waals surface area contributed by atoms with Gasteiger partial charge < -0.3 is 10.2 Å². The summed E-state index contributed by atoms with van der Waals surface area (Å²) < 4.78 is 40.2. The SMILES string of the molecule is CCC(C)NC(=O)C(C)N(Cc1ccc(F)cc1)C(=O)CN(c1cccc2ccccc12)S(C)(=O)=O. The van der Waals surface area contributed by atoms with E-state index in [0.29, 0.717) is 23.1 Å². The van der Waals surface area contributed by atoms with Crippen molar-refractivity contribution in [3.8, 4) is 0 Å². The summed E-state index contributed by atoms with van der Waals surface area (Å²) >= 11 is 0. The van der Waals surface area contributed by atoms with Gasteiger partial charge in [0, 0.05) is 18.0 Å². The molecule has 3 aromatic rings. The standard InChI is InChI=1S/C27H32FN3O4S/c1-5-19(2)29-27(33)20(3)30(17-21-13-15-23(28)16-14-21)26(32)18-31(36(4,34)35)25-12-8-10-22-9-6-7-11-24(22)25/h6-16,19-20H,5,17-18H2,1-4H3,(H,29,33). The van der Waals surface area contributed by atoms with Crippen LogP contribution in [0.15, 0.2) is 66.7 Å². The number of hydrogen-bond acceptors (Lipinski definition) is 4. The van der Waals surface area contributed by atoms with Crippen molar-refractivity contribution in [1.82, 2.24) is 10.2 Å². The van der Waals surface area contributed by atoms with E-state index in [-0.39, 0.29) is 18.5 Å². The van der Waals surface area contributed by atoms with Crippen LogP contribution in [-0.2, 0) is 26.2 Å². The van der Waals surface area contributed by atoms with E-state index < -0.39 is 34.3 Å². The lowest BCUT2D eigenvalue weighted by atomic mass is 10.1. The van der Waals surface area contributed by atoms with Gasteiger partial charge in [0.05, 0.1) is 11.9 Å². The lowest BCUT2D eigenvalue weighted by Gasteiger charge is -2.32. The molecule has 0 heterocycles. The molecule has 0 saturated heterocycles. The quantitative estimate of drug-likeness (QED) is 0.443. The Labute approximate surface area is 212 Å². The largest absolute Gasteiger partial charge is 0.352 e. The Balaban J connectivity index is 1.98. The Kier molecular flexibility index (Phi) is 8.68. The van der Waals surface area contributed by atoms with Crippen molar-refractivity contribution >= 4 is 38.3 Å². The summed E-state index contributed by atoms with van der Waals surface area (Å²) in [5.41, 5.74) is 0.992. The summed E-state index contributed by atoms with van der Waals surface area (Å²) in [4.78, 5) is 27.9. The molecule has 0 spiro atoms. The minimum absolute atomic E-state index is 0.0152. The number of fused-ring (bicyclic) bond motifs is 1. The van der Waals surface area contributed by atoms with Gasteiger partial charge in [-0.15, -0.1) is 0 Å². The number of carbonyl (C=O) groups excluding carboxylic acids is 2. The fraction of sp³-hybridized carbons (Fsp3) is 0.333. The van der Waals surface area contributed by atoms with Crippen molar-refractivity contribution in [2.75, 3.05) is 17.1 Å². The second kappa shape index (κ2) is 11.5. The molecule has 0 aliphatic heterocycles. The molecule has 0 radical (unpaired) electrons. The summed E-state index contributed by atoms with van der Waals surface area (Å²) in [7, 11) is -3.85. The number of benzene rings is 3. The number of nitrogens with zero attached hydrogens (tertiary/aromatic N) is 2. The van der Waals surface area contributed by atoms with Crippen LogP contribution in [0, 0.1) is 5.82 Å². The van der Waals surface area contributed by atoms with Gasteiger partial charge in [0.25, 0.3) is 0 Å². The smallest absolute Gasteiger partial charge is 0.244 e. The molecule has 9 heteroatoms. The fourth-order valence-corrected chi connectivity index (χ4v) is 4.72. The Morgan fingerprint density at radius 2 is 1.61 bits per heavy atom. The highest BCUT2D eigenvalue weighted by molar-refractivity contribution is 7.92. The van der Waals surface area contributed by atoms with E-state index in [1.807, 2.05) is 32.0 Å². The van der Waals surface area contributed by atoms with Crippen molar-refractivity contribution in [2.45, 2.75) is 45.8 Å². The molecule has 0 aliphatic carbocycles. The van der Waals surface area contributed by atoms with E-state index in [0.717, 1.165) is 15.9 Å². The molecule has 3 rings (SSSR count). The van der Waals surface area contributed by atoms with Gasteiger partial charge in [-0.3, -0.25) is 13.9 Å². The zero-order valence-electron chi connectivity index (χ0n) is 20.9. The van der Waals surface area contributed by atoms with Crippen LogP contribution in [0.2, 0.25) is 0 Å². The van der Waals surface area contributed by atoms with Crippen LogP contribution in [0.1, 0.15) is 32.8 Å². The molecule has 3 aromatic carbocycles. The van der Waals surface area contributed by atoms with E-state index in [4.69, 9.17) is 0 Å². The molecule has 7 nitrogen and oxygen atoms in total. The third-order valence-corrected chi connectivity index (χ3v) is 7.28. The van der Waals surface area contributed by atoms with Crippen molar-refractivity contribution in [3.63, 3.8) is 0 Å². The molecular weight excluding hydrogens is 481 g/mol. The molecule has 2 unspecified atom stereocenters. The predicted molar refractivity (Wildman–Crippen MR) is 140 cm³/mol. The Morgan fingerprint density at radius 1 is 0.972 bits per heavy atom. The Hall–Kier alpha value is -3.46. The minimum Gasteiger partial charge on any atom is -0.352 e. The molecule has 2 amide bonds. The van der Waals surface area contributed by atoms with Crippen LogP contribution in [-0.4, -0.2) is 50.0 Å². The van der Waals surface area contributed by atoms with Gasteiger partial charge in [-0.25, -0.2) is 12.8 Å². The van der Waals surface area contributed by atoms with Gasteiger partial charge in [0.15, 0.2) is 0 Å². The molecule has 0 bridgehead atoms. The molecule has 0 fully saturated rings. The average molecular weight is 514 g/mol. The first kappa shape index (κ1) is 27.1. The fourth-order valence-electron chi connectivity index (χ4n) is 3.86. The number of amides is 2. The van der Waals surface area contributed by atoms with E-state index in [9.17, 15) is 22.4 Å². The van der Waals surface area contributed by atoms with Crippen LogP contribution in [0.5, 0.6) is 0 Å². The van der Waals surface area contributed by atoms with E-state index >= 15 is 0 Å². The number of anilines is 1. The monoisotopic (exact) mass is 513 g/mol. The number of sulfonamides is 1. The van der Waals surface area contributed by atoms with Crippen LogP contribution < -0.4 is 9.62 Å². The van der Waals surface area contributed by atoms with Gasteiger partial charge in [-0.2, -0.15) is 0 Å². The van der Waals surface area contributed by atoms with Gasteiger partial charge in [-0.1, -0.05) is 55.5 Å². The molecule has 2 atom stereocenters. The maximum Gasteiger partial charge on any atom is 0.244 e. The van der Waals surface area contributed by atoms with Crippen molar-refractivity contribution in [3.05, 3.63) is 78.1 Å². The molecule has 0 saturated carbocycles. The van der Waals surface area contributed by atoms with Crippen LogP contribution >= 0.6 is 0 Å². The van der Waals surface area contributed by atoms with Crippen LogP contribution in [0.25, 0.3) is 10.8 Å². The predicted octanol–water partition coefficient (Wildman–Crippen LogP) is 4.08. The first-order valence-corrected chi connectivity index (χ1v) is 13.7. The second-order valence-corrected chi connectivity index (χ2v) is 10.8. The lowest BCUT2D eigenvalue weighted by molar-refractivity contribution is -0.139. The van der Waals surface area contributed by atoms with Gasteiger partial charge >= 0.3 is 0 Å². The third-order valence-electron chi connectivity index (χ3n) is 6.15. The van der Waals surface area contributed by atoms with Gasteiger partial charge in [0.2, 0.25) is 21.8 Å². The molecular formula is C27H32FN3O4S. The van der Waals surface area contributed by atoms with Gasteiger partial charge in [-0.05, 0) is 49.4 Å². The zero-order valence-corrected chi connectivity index (χ0v) is 21.8. The third kappa shape index (κ3) is 6.60. The maximum absolute atomic E-state index is 13.6. The zero-order chi connectivity index (χ0) is 26.5. The summed E-state index contributed by atoms with van der Waals surface area (Å²) in [6.07, 6.45) is 1.76. The Morgan fingerprint density at radius 3 is 2.25 bits per heavy atom. The van der Waals surface area contributed by atoms with Gasteiger partial charge in [0.1, 0.15) is 18.4 Å². The topological polar surface area (TPSA) is 86.8 Å². The second-order valence-electron chi connectivity index (χ2n) is 8.91. The molecule has 0 aliphatic rings. The molecule has 1 N–H and O–H groups in total. The summed E-state index contributed by atoms with van der Waals surface area (Å²) in [5.74, 6) is -1.32. The average Bonchev–Trinajstić information content (AvgIpc) is 2.85. The maximum atomic E-state index is 13.6. The molecule has 36 heavy (non-hydrogen) atoms. The Bertz CT molecular complexity index is 1320. The highest BCUT2D eigenvalue weighted by Gasteiger charge is 2.31. The number of halogens is 1. The normalized spacial score (nSPS) is 13.1. The molecule has 192 valence electrons. The molecule has 0 aromatic heterocycles. The summed E-state index contributed by atoms with van der Waals surface area (Å²) in [5, 5.41) is 4.39. The van der Waals surface area contributed by atoms with Crippen molar-refractivity contribution < 1.29 is 22.4 Å². The highest BCUT2D eigenvalue weighted by Crippen LogP contribution is 2.28. The lowest BCUT2D eigenvalue weighted by Crippen LogP contribution is -2.52. The highest BCUT2D eigenvalue weighted by atomic mass is 32.2. The van der Waals surface area contributed by atoms with E-state index in [1.165, 1.54) is 29.2 Å². The number of hydrogen-bond donors (Lipinski definition) is 1. The van der Waals surface area contributed by atoms with Crippen molar-refractivity contribution in [2.24, 2.45) is 0 Å². The van der Waals surface area contributed by atoms with E-state index in [1.54, 1.807) is 31.2 Å². The van der Waals surface area contributed by atoms with Crippen LogP contribution in [0.3, 0.4) is 0 Å². The minimum atomic E-state index is -3.85.